The lowest BCUT2D eigenvalue weighted by atomic mass is 9.79. The molecule has 3 aromatic rings. The molecule has 3 atom stereocenters. The molecule has 0 bridgehead atoms. The Morgan fingerprint density at radius 1 is 1.16 bits per heavy atom. The van der Waals surface area contributed by atoms with Crippen molar-refractivity contribution in [1.29, 1.82) is 5.41 Å². The van der Waals surface area contributed by atoms with Crippen molar-refractivity contribution >= 4 is 54.9 Å². The fourth-order valence-corrected chi connectivity index (χ4v) is 11.0. The number of nitrogens with zero attached hydrogens (tertiary/aromatic N) is 3. The molecule has 5 rings (SSSR count). The highest BCUT2D eigenvalue weighted by Gasteiger charge is 2.48. The van der Waals surface area contributed by atoms with Gasteiger partial charge in [-0.15, -0.1) is 11.3 Å². The van der Waals surface area contributed by atoms with Crippen molar-refractivity contribution in [3.05, 3.63) is 74.8 Å². The van der Waals surface area contributed by atoms with Crippen molar-refractivity contribution in [2.45, 2.75) is 96.8 Å². The number of rotatable bonds is 13. The fourth-order valence-electron chi connectivity index (χ4n) is 7.07. The number of carbonyl (C=O) groups excluding carboxylic acids is 2. The SMILES string of the molecule is CC1=C2OC(C)(C)CC2C(C)C(S(=O)(=O)N(CCCC(NC(=O)c2sccc2NS(=O)(=O)c2cccc(-c3cnn(C)c3)c2)C(=O)OC(C)(C)C)C(=N)N)=C1C. The molecular formula is C38H51N7O8S3. The summed E-state index contributed by atoms with van der Waals surface area (Å²) in [4.78, 5) is 27.3. The Labute approximate surface area is 332 Å². The normalized spacial score (nSPS) is 18.9. The van der Waals surface area contributed by atoms with Crippen LogP contribution < -0.4 is 15.8 Å². The van der Waals surface area contributed by atoms with Crippen LogP contribution in [0.15, 0.2) is 74.8 Å². The Kier molecular flexibility index (Phi) is 11.9. The predicted octanol–water partition coefficient (Wildman–Crippen LogP) is 5.71. The topological polar surface area (TPSA) is 216 Å². The molecule has 1 amide bonds. The van der Waals surface area contributed by atoms with E-state index >= 15 is 0 Å². The van der Waals surface area contributed by atoms with Crippen LogP contribution in [0.4, 0.5) is 5.69 Å². The molecule has 1 aliphatic carbocycles. The summed E-state index contributed by atoms with van der Waals surface area (Å²) in [6.07, 6.45) is 3.91. The number of ether oxygens (including phenoxy) is 2. The number of hydrogen-bond donors (Lipinski definition) is 4. The first kappa shape index (κ1) is 42.5. The molecule has 15 nitrogen and oxygen atoms in total. The van der Waals surface area contributed by atoms with Crippen LogP contribution >= 0.6 is 11.3 Å². The van der Waals surface area contributed by atoms with E-state index in [-0.39, 0.29) is 45.7 Å². The van der Waals surface area contributed by atoms with Crippen LogP contribution in [-0.4, -0.2) is 72.5 Å². The van der Waals surface area contributed by atoms with Crippen LogP contribution in [0.1, 0.15) is 84.3 Å². The van der Waals surface area contributed by atoms with Crippen LogP contribution in [0.3, 0.4) is 0 Å². The number of allylic oxidation sites excluding steroid dienone is 4. The van der Waals surface area contributed by atoms with Crippen molar-refractivity contribution < 1.29 is 35.9 Å². The molecule has 1 fully saturated rings. The van der Waals surface area contributed by atoms with Gasteiger partial charge >= 0.3 is 5.97 Å². The van der Waals surface area contributed by atoms with Gasteiger partial charge < -0.3 is 20.5 Å². The molecule has 1 aliphatic heterocycles. The highest BCUT2D eigenvalue weighted by atomic mass is 32.2. The lowest BCUT2D eigenvalue weighted by Crippen LogP contribution is -2.46. The summed E-state index contributed by atoms with van der Waals surface area (Å²) in [5, 5.41) is 16.6. The summed E-state index contributed by atoms with van der Waals surface area (Å²) in [7, 11) is -6.70. The largest absolute Gasteiger partial charge is 0.492 e. The fraction of sp³-hybridized carbons (Fsp3) is 0.474. The van der Waals surface area contributed by atoms with Gasteiger partial charge in [0.1, 0.15) is 27.9 Å². The number of nitrogens with one attached hydrogen (secondary N) is 3. The van der Waals surface area contributed by atoms with Gasteiger partial charge in [-0.1, -0.05) is 19.1 Å². The summed E-state index contributed by atoms with van der Waals surface area (Å²) >= 11 is 0.970. The van der Waals surface area contributed by atoms with Gasteiger partial charge in [0.05, 0.1) is 21.7 Å². The minimum atomic E-state index is -4.30. The van der Waals surface area contributed by atoms with E-state index in [0.717, 1.165) is 32.5 Å². The molecule has 0 spiro atoms. The highest BCUT2D eigenvalue weighted by Crippen LogP contribution is 2.51. The second kappa shape index (κ2) is 15.7. The lowest BCUT2D eigenvalue weighted by molar-refractivity contribution is -0.157. The van der Waals surface area contributed by atoms with Crippen molar-refractivity contribution in [1.82, 2.24) is 19.4 Å². The molecule has 1 saturated heterocycles. The Hall–Kier alpha value is -4.68. The molecule has 18 heteroatoms. The number of nitrogens with two attached hydrogens (primary N) is 1. The number of anilines is 1. The number of benzene rings is 1. The van der Waals surface area contributed by atoms with Gasteiger partial charge in [0.15, 0.2) is 0 Å². The van der Waals surface area contributed by atoms with Crippen molar-refractivity contribution in [3.63, 3.8) is 0 Å². The average molecular weight is 830 g/mol. The van der Waals surface area contributed by atoms with E-state index in [1.807, 2.05) is 27.7 Å². The van der Waals surface area contributed by atoms with E-state index < -0.39 is 61.0 Å². The van der Waals surface area contributed by atoms with Gasteiger partial charge in [0, 0.05) is 37.2 Å². The zero-order valence-corrected chi connectivity index (χ0v) is 35.5. The second-order valence-electron chi connectivity index (χ2n) is 15.8. The summed E-state index contributed by atoms with van der Waals surface area (Å²) in [6, 6.07) is 6.48. The van der Waals surface area contributed by atoms with Gasteiger partial charge in [-0.05, 0) is 108 Å². The molecule has 3 unspecified atom stereocenters. The molecular weight excluding hydrogens is 779 g/mol. The second-order valence-corrected chi connectivity index (χ2v) is 20.2. The summed E-state index contributed by atoms with van der Waals surface area (Å²) in [5.41, 5.74) is 7.16. The quantitative estimate of drug-likeness (QED) is 0.0936. The molecule has 1 aromatic carbocycles. The molecule has 2 aromatic heterocycles. The molecule has 304 valence electrons. The molecule has 0 saturated carbocycles. The number of fused-ring (bicyclic) bond motifs is 1. The zero-order chi connectivity index (χ0) is 41.5. The Morgan fingerprint density at radius 3 is 2.48 bits per heavy atom. The first-order valence-corrected chi connectivity index (χ1v) is 21.9. The van der Waals surface area contributed by atoms with Crippen molar-refractivity contribution in [3.8, 4) is 11.1 Å². The maximum absolute atomic E-state index is 14.3. The average Bonchev–Trinajstić information content (AvgIpc) is 3.82. The van der Waals surface area contributed by atoms with Gasteiger partial charge in [0.25, 0.3) is 26.0 Å². The van der Waals surface area contributed by atoms with E-state index in [0.29, 0.717) is 17.6 Å². The number of amides is 1. The lowest BCUT2D eigenvalue weighted by Gasteiger charge is -2.33. The van der Waals surface area contributed by atoms with Gasteiger partial charge in [-0.25, -0.2) is 25.9 Å². The van der Waals surface area contributed by atoms with Crippen LogP contribution in [0.25, 0.3) is 11.1 Å². The molecule has 2 aliphatic rings. The van der Waals surface area contributed by atoms with Crippen LogP contribution in [0, 0.1) is 17.2 Å². The van der Waals surface area contributed by atoms with Crippen molar-refractivity contribution in [2.75, 3.05) is 11.3 Å². The van der Waals surface area contributed by atoms with E-state index in [1.54, 1.807) is 69.3 Å². The third-order valence-corrected chi connectivity index (χ3v) is 14.2. The van der Waals surface area contributed by atoms with Crippen LogP contribution in [-0.2, 0) is 41.4 Å². The smallest absolute Gasteiger partial charge is 0.329 e. The van der Waals surface area contributed by atoms with Gasteiger partial charge in [-0.2, -0.15) is 5.10 Å². The molecule has 5 N–H and O–H groups in total. The van der Waals surface area contributed by atoms with Crippen molar-refractivity contribution in [2.24, 2.45) is 24.6 Å². The Morgan fingerprint density at radius 2 is 1.86 bits per heavy atom. The Balaban J connectivity index is 1.34. The third-order valence-electron chi connectivity index (χ3n) is 9.74. The number of thiophene rings is 1. The van der Waals surface area contributed by atoms with Gasteiger partial charge in [-0.3, -0.25) is 19.6 Å². The third kappa shape index (κ3) is 9.13. The minimum absolute atomic E-state index is 0.000548. The highest BCUT2D eigenvalue weighted by molar-refractivity contribution is 7.93. The summed E-state index contributed by atoms with van der Waals surface area (Å²) in [6.45, 7) is 14.1. The molecule has 0 radical (unpaired) electrons. The Bertz CT molecular complexity index is 2320. The van der Waals surface area contributed by atoms with Gasteiger partial charge in [0.2, 0.25) is 5.96 Å². The zero-order valence-electron chi connectivity index (χ0n) is 33.1. The summed E-state index contributed by atoms with van der Waals surface area (Å²) < 4.78 is 72.3. The first-order chi connectivity index (χ1) is 25.9. The maximum Gasteiger partial charge on any atom is 0.329 e. The first-order valence-electron chi connectivity index (χ1n) is 18.1. The summed E-state index contributed by atoms with van der Waals surface area (Å²) in [5.74, 6) is -2.04. The molecule has 56 heavy (non-hydrogen) atoms. The monoisotopic (exact) mass is 829 g/mol. The predicted molar refractivity (Wildman–Crippen MR) is 215 cm³/mol. The molecule has 3 heterocycles. The number of aryl methyl sites for hydroxylation is 1. The number of carbonyl (C=O) groups is 2. The maximum atomic E-state index is 14.3. The van der Waals surface area contributed by atoms with E-state index in [2.05, 4.69) is 15.1 Å². The number of hydrogen-bond acceptors (Lipinski definition) is 11. The van der Waals surface area contributed by atoms with E-state index in [9.17, 15) is 26.4 Å². The number of sulfonamides is 2. The standard InChI is InChI=1S/C38H51N7O8S3/c1-22-23(2)33(24(3)28-19-38(7,8)52-31(22)28)56(50,51)45(36(39)40)16-11-14-30(35(47)53-37(4,5)6)42-34(46)32-29(15-17-54-32)43-55(48,49)27-13-10-12-25(18-27)26-20-41-44(9)21-26/h10,12-13,15,17-18,20-21,24,28,30,43H,11,14,16,19H2,1-9H3,(H3,39,40)(H,42,46). The minimum Gasteiger partial charge on any atom is -0.492 e. The van der Waals surface area contributed by atoms with E-state index in [4.69, 9.17) is 20.6 Å². The van der Waals surface area contributed by atoms with Crippen LogP contribution in [0.2, 0.25) is 0 Å². The van der Waals surface area contributed by atoms with Crippen LogP contribution in [0.5, 0.6) is 0 Å². The van der Waals surface area contributed by atoms with E-state index in [1.165, 1.54) is 18.2 Å². The number of esters is 1. The number of aromatic nitrogens is 2. The number of guanidine groups is 1.